The van der Waals surface area contributed by atoms with Gasteiger partial charge >= 0.3 is 6.55 Å². The summed E-state index contributed by atoms with van der Waals surface area (Å²) in [4.78, 5) is 17.2. The molecule has 1 fully saturated rings. The van der Waals surface area contributed by atoms with Crippen LogP contribution in [0.5, 0.6) is 0 Å². The topological polar surface area (TPSA) is 112 Å². The Balaban J connectivity index is 1.48. The zero-order valence-corrected chi connectivity index (χ0v) is 15.4. The van der Waals surface area contributed by atoms with E-state index in [1.165, 1.54) is 6.20 Å². The van der Waals surface area contributed by atoms with E-state index >= 15 is 0 Å². The van der Waals surface area contributed by atoms with Gasteiger partial charge in [0.25, 0.3) is 0 Å². The van der Waals surface area contributed by atoms with E-state index in [1.54, 1.807) is 12.3 Å². The molecule has 0 atom stereocenters. The summed E-state index contributed by atoms with van der Waals surface area (Å²) in [5.74, 6) is 1.59. The molecule has 148 valence electrons. The summed E-state index contributed by atoms with van der Waals surface area (Å²) < 4.78 is 28.3. The molecule has 0 radical (unpaired) electrons. The number of halogens is 2. The number of fused-ring (bicyclic) bond motifs is 1. The van der Waals surface area contributed by atoms with Gasteiger partial charge in [-0.25, -0.2) is 9.67 Å². The first-order valence-electron chi connectivity index (χ1n) is 9.01. The minimum Gasteiger partial charge on any atom is -0.368 e. The van der Waals surface area contributed by atoms with Gasteiger partial charge in [0.2, 0.25) is 11.9 Å². The number of imidazole rings is 1. The van der Waals surface area contributed by atoms with Crippen molar-refractivity contribution in [2.24, 2.45) is 0 Å². The Morgan fingerprint density at radius 3 is 2.72 bits per heavy atom. The van der Waals surface area contributed by atoms with Gasteiger partial charge < -0.3 is 15.5 Å². The minimum atomic E-state index is -2.68. The second-order valence-corrected chi connectivity index (χ2v) is 7.02. The highest BCUT2D eigenvalue weighted by atomic mass is 19.3. The average molecular weight is 397 g/mol. The maximum absolute atomic E-state index is 12.8. The molecule has 29 heavy (non-hydrogen) atoms. The summed E-state index contributed by atoms with van der Waals surface area (Å²) >= 11 is 0. The molecule has 4 aromatic rings. The van der Waals surface area contributed by atoms with Crippen LogP contribution in [0, 0.1) is 6.92 Å². The van der Waals surface area contributed by atoms with Gasteiger partial charge in [0.1, 0.15) is 5.82 Å². The van der Waals surface area contributed by atoms with Crippen molar-refractivity contribution in [2.45, 2.75) is 31.9 Å². The van der Waals surface area contributed by atoms with E-state index in [1.807, 2.05) is 29.7 Å². The number of nitrogens with one attached hydrogen (secondary N) is 1. The van der Waals surface area contributed by atoms with Gasteiger partial charge in [0.15, 0.2) is 5.82 Å². The molecule has 5 rings (SSSR count). The number of alkyl halides is 2. The molecule has 0 unspecified atom stereocenters. The predicted octanol–water partition coefficient (Wildman–Crippen LogP) is 2.77. The Morgan fingerprint density at radius 1 is 1.17 bits per heavy atom. The lowest BCUT2D eigenvalue weighted by atomic mass is 10.2. The minimum absolute atomic E-state index is 0.0638. The van der Waals surface area contributed by atoms with Gasteiger partial charge in [0, 0.05) is 18.0 Å². The molecule has 1 aliphatic rings. The number of hydrogen-bond donors (Lipinski definition) is 2. The molecule has 0 aliphatic heterocycles. The first kappa shape index (κ1) is 17.5. The first-order chi connectivity index (χ1) is 13.9. The normalized spacial score (nSPS) is 15.2. The number of rotatable bonds is 5. The third kappa shape index (κ3) is 3.04. The molecule has 0 spiro atoms. The summed E-state index contributed by atoms with van der Waals surface area (Å²) in [5, 5.41) is 7.18. The van der Waals surface area contributed by atoms with Crippen LogP contribution in [0.15, 0.2) is 36.8 Å². The molecule has 3 N–H and O–H groups in total. The van der Waals surface area contributed by atoms with Crippen molar-refractivity contribution in [3.8, 4) is 11.4 Å². The Kier molecular flexibility index (Phi) is 3.73. The summed E-state index contributed by atoms with van der Waals surface area (Å²) in [6, 6.07) is 5.38. The van der Waals surface area contributed by atoms with E-state index in [0.717, 1.165) is 29.7 Å². The number of anilines is 2. The number of nitrogen functional groups attached to an aromatic ring is 1. The molecule has 0 bridgehead atoms. The summed E-state index contributed by atoms with van der Waals surface area (Å²) in [6.45, 7) is -0.776. The van der Waals surface area contributed by atoms with Crippen LogP contribution >= 0.6 is 0 Å². The molecule has 1 saturated carbocycles. The second-order valence-electron chi connectivity index (χ2n) is 7.02. The quantitative estimate of drug-likeness (QED) is 0.532. The maximum atomic E-state index is 12.8. The Labute approximate surface area is 163 Å². The fourth-order valence-corrected chi connectivity index (χ4v) is 3.32. The largest absolute Gasteiger partial charge is 0.368 e. The van der Waals surface area contributed by atoms with Gasteiger partial charge in [-0.1, -0.05) is 0 Å². The van der Waals surface area contributed by atoms with Gasteiger partial charge in [0.05, 0.1) is 22.9 Å². The van der Waals surface area contributed by atoms with Crippen LogP contribution in [0.4, 0.5) is 20.7 Å². The van der Waals surface area contributed by atoms with Crippen molar-refractivity contribution in [2.75, 3.05) is 11.1 Å². The molecule has 0 amide bonds. The van der Waals surface area contributed by atoms with Crippen molar-refractivity contribution in [3.05, 3.63) is 48.3 Å². The lowest BCUT2D eigenvalue weighted by Crippen LogP contribution is -2.22. The molecule has 4 heterocycles. The smallest absolute Gasteiger partial charge is 0.333 e. The zero-order valence-electron chi connectivity index (χ0n) is 15.4. The van der Waals surface area contributed by atoms with Crippen molar-refractivity contribution in [1.29, 1.82) is 0 Å². The highest BCUT2D eigenvalue weighted by Gasteiger charge is 2.47. The molecule has 1 aliphatic carbocycles. The molecule has 0 aromatic carbocycles. The first-order valence-corrected chi connectivity index (χ1v) is 9.01. The lowest BCUT2D eigenvalue weighted by molar-refractivity contribution is 0.0560. The third-order valence-corrected chi connectivity index (χ3v) is 5.02. The van der Waals surface area contributed by atoms with Crippen LogP contribution in [0.2, 0.25) is 0 Å². The van der Waals surface area contributed by atoms with Crippen molar-refractivity contribution in [3.63, 3.8) is 0 Å². The van der Waals surface area contributed by atoms with Crippen LogP contribution in [-0.4, -0.2) is 34.1 Å². The average Bonchev–Trinajstić information content (AvgIpc) is 3.13. The van der Waals surface area contributed by atoms with E-state index in [2.05, 4.69) is 30.4 Å². The fraction of sp³-hybridized carbons (Fsp3) is 0.278. The van der Waals surface area contributed by atoms with E-state index in [-0.39, 0.29) is 11.9 Å². The monoisotopic (exact) mass is 397 g/mol. The number of pyridine rings is 1. The van der Waals surface area contributed by atoms with Crippen LogP contribution in [-0.2, 0) is 5.54 Å². The fourth-order valence-electron chi connectivity index (χ4n) is 3.32. The number of aromatic nitrogens is 7. The lowest BCUT2D eigenvalue weighted by Gasteiger charge is -2.16. The van der Waals surface area contributed by atoms with E-state index in [4.69, 9.17) is 5.73 Å². The van der Waals surface area contributed by atoms with Gasteiger partial charge in [-0.05, 0) is 38.0 Å². The van der Waals surface area contributed by atoms with Gasteiger partial charge in [-0.2, -0.15) is 28.8 Å². The van der Waals surface area contributed by atoms with Crippen molar-refractivity contribution in [1.82, 2.24) is 34.1 Å². The summed E-state index contributed by atoms with van der Waals surface area (Å²) in [7, 11) is 0. The Morgan fingerprint density at radius 2 is 2.00 bits per heavy atom. The molecule has 9 nitrogen and oxygen atoms in total. The second kappa shape index (κ2) is 6.19. The Bertz CT molecular complexity index is 1210. The van der Waals surface area contributed by atoms with Crippen molar-refractivity contribution < 1.29 is 8.78 Å². The number of nitrogens with zero attached hydrogens (tertiary/aromatic N) is 7. The van der Waals surface area contributed by atoms with Gasteiger partial charge in [-0.3, -0.25) is 0 Å². The number of nitrogens with two attached hydrogens (primary N) is 1. The predicted molar refractivity (Wildman–Crippen MR) is 101 cm³/mol. The number of hydrogen-bond acceptors (Lipinski definition) is 7. The maximum Gasteiger partial charge on any atom is 0.333 e. The Hall–Kier alpha value is -3.63. The standard InChI is InChI=1S/C18H17F2N9/c1-10-22-8-12-3-2-11(9-28(10)12)14-23-16(21)25-17(24-14)26-18(5-6-18)13-4-7-29(27-13)15(19)20/h2-4,7-9,15H,5-6H2,1H3,(H3,21,23,24,25,26). The van der Waals surface area contributed by atoms with Crippen LogP contribution < -0.4 is 11.1 Å². The van der Waals surface area contributed by atoms with Crippen LogP contribution in [0.25, 0.3) is 16.9 Å². The molecule has 11 heteroatoms. The molecule has 4 aromatic heterocycles. The van der Waals surface area contributed by atoms with Gasteiger partial charge in [-0.15, -0.1) is 0 Å². The summed E-state index contributed by atoms with van der Waals surface area (Å²) in [5.41, 5.74) is 7.56. The highest BCUT2D eigenvalue weighted by Crippen LogP contribution is 2.47. The zero-order chi connectivity index (χ0) is 20.2. The summed E-state index contributed by atoms with van der Waals surface area (Å²) in [6.07, 6.45) is 6.39. The third-order valence-electron chi connectivity index (χ3n) is 5.02. The van der Waals surface area contributed by atoms with Crippen LogP contribution in [0.3, 0.4) is 0 Å². The van der Waals surface area contributed by atoms with E-state index < -0.39 is 12.1 Å². The molecule has 0 saturated heterocycles. The highest BCUT2D eigenvalue weighted by molar-refractivity contribution is 5.61. The van der Waals surface area contributed by atoms with E-state index in [9.17, 15) is 8.78 Å². The van der Waals surface area contributed by atoms with Crippen LogP contribution in [0.1, 0.15) is 30.9 Å². The SMILES string of the molecule is Cc1ncc2ccc(-c3nc(N)nc(NC4(c5ccn(C(F)F)n5)CC4)n3)cn12. The molecular formula is C18H17F2N9. The number of aryl methyl sites for hydroxylation is 1. The van der Waals surface area contributed by atoms with Crippen molar-refractivity contribution >= 4 is 17.4 Å². The van der Waals surface area contributed by atoms with E-state index in [0.29, 0.717) is 16.2 Å². The molecular weight excluding hydrogens is 380 g/mol.